The van der Waals surface area contributed by atoms with Crippen LogP contribution in [0, 0.1) is 6.92 Å². The van der Waals surface area contributed by atoms with E-state index >= 15 is 0 Å². The molecule has 1 aliphatic heterocycles. The molecule has 0 spiro atoms. The Bertz CT molecular complexity index is 499. The van der Waals surface area contributed by atoms with E-state index in [2.05, 4.69) is 0 Å². The molecule has 0 bridgehead atoms. The molecule has 0 unspecified atom stereocenters. The standard InChI is InChI=1S/C15H18O4/c1-10-2-3-13(19-11-4-7-18-9-11)12(8-10)15(5-6-15)14(16)17/h2-3,8,11H,4-7,9H2,1H3,(H,16,17)/t11-/m0/s1. The molecule has 0 radical (unpaired) electrons. The summed E-state index contributed by atoms with van der Waals surface area (Å²) in [5.41, 5.74) is 1.17. The van der Waals surface area contributed by atoms with Crippen LogP contribution in [0.25, 0.3) is 0 Å². The van der Waals surface area contributed by atoms with Crippen LogP contribution in [0.3, 0.4) is 0 Å². The van der Waals surface area contributed by atoms with E-state index < -0.39 is 11.4 Å². The monoisotopic (exact) mass is 262 g/mol. The van der Waals surface area contributed by atoms with Gasteiger partial charge in [0.05, 0.1) is 18.6 Å². The van der Waals surface area contributed by atoms with Crippen LogP contribution in [-0.4, -0.2) is 30.4 Å². The van der Waals surface area contributed by atoms with Crippen molar-refractivity contribution in [3.05, 3.63) is 29.3 Å². The van der Waals surface area contributed by atoms with Crippen molar-refractivity contribution in [1.29, 1.82) is 0 Å². The van der Waals surface area contributed by atoms with Crippen LogP contribution in [0.15, 0.2) is 18.2 Å². The smallest absolute Gasteiger partial charge is 0.314 e. The number of ether oxygens (including phenoxy) is 2. The van der Waals surface area contributed by atoms with Crippen molar-refractivity contribution in [2.24, 2.45) is 0 Å². The van der Waals surface area contributed by atoms with Crippen molar-refractivity contribution < 1.29 is 19.4 Å². The Kier molecular flexibility index (Phi) is 2.97. The lowest BCUT2D eigenvalue weighted by atomic mass is 9.93. The zero-order valence-electron chi connectivity index (χ0n) is 11.0. The molecule has 1 N–H and O–H groups in total. The molecule has 19 heavy (non-hydrogen) atoms. The minimum atomic E-state index is -0.745. The van der Waals surface area contributed by atoms with Crippen LogP contribution in [0.5, 0.6) is 5.75 Å². The number of hydrogen-bond acceptors (Lipinski definition) is 3. The first-order chi connectivity index (χ1) is 9.12. The second-order valence-electron chi connectivity index (χ2n) is 5.49. The highest BCUT2D eigenvalue weighted by atomic mass is 16.5. The van der Waals surface area contributed by atoms with E-state index in [9.17, 15) is 9.90 Å². The summed E-state index contributed by atoms with van der Waals surface area (Å²) in [7, 11) is 0. The van der Waals surface area contributed by atoms with Gasteiger partial charge in [-0.2, -0.15) is 0 Å². The van der Waals surface area contributed by atoms with E-state index in [-0.39, 0.29) is 6.10 Å². The SMILES string of the molecule is Cc1ccc(O[C@H]2CCOC2)c(C2(C(=O)O)CC2)c1. The molecule has 102 valence electrons. The van der Waals surface area contributed by atoms with Crippen molar-refractivity contribution in [1.82, 2.24) is 0 Å². The van der Waals surface area contributed by atoms with Crippen LogP contribution >= 0.6 is 0 Å². The Hall–Kier alpha value is -1.55. The molecule has 0 amide bonds. The first kappa shape index (κ1) is 12.5. The topological polar surface area (TPSA) is 55.8 Å². The molecule has 1 aliphatic carbocycles. The maximum absolute atomic E-state index is 11.5. The fraction of sp³-hybridized carbons (Fsp3) is 0.533. The first-order valence-corrected chi connectivity index (χ1v) is 6.71. The number of benzene rings is 1. The van der Waals surface area contributed by atoms with E-state index in [1.807, 2.05) is 25.1 Å². The molecule has 1 atom stereocenters. The zero-order valence-corrected chi connectivity index (χ0v) is 11.0. The largest absolute Gasteiger partial charge is 0.488 e. The molecule has 1 aromatic rings. The zero-order chi connectivity index (χ0) is 13.5. The van der Waals surface area contributed by atoms with Gasteiger partial charge in [0.2, 0.25) is 0 Å². The number of aliphatic carboxylic acids is 1. The molecule has 1 saturated carbocycles. The number of rotatable bonds is 4. The van der Waals surface area contributed by atoms with E-state index in [0.717, 1.165) is 24.2 Å². The molecular weight excluding hydrogens is 244 g/mol. The van der Waals surface area contributed by atoms with Crippen LogP contribution in [0.4, 0.5) is 0 Å². The molecule has 3 rings (SSSR count). The van der Waals surface area contributed by atoms with Gasteiger partial charge in [0.1, 0.15) is 11.9 Å². The lowest BCUT2D eigenvalue weighted by Crippen LogP contribution is -2.23. The highest BCUT2D eigenvalue weighted by Crippen LogP contribution is 2.52. The summed E-state index contributed by atoms with van der Waals surface area (Å²) in [6.07, 6.45) is 2.31. The third kappa shape index (κ3) is 2.21. The quantitative estimate of drug-likeness (QED) is 0.904. The molecular formula is C15H18O4. The Morgan fingerprint density at radius 2 is 2.26 bits per heavy atom. The molecule has 4 heteroatoms. The maximum Gasteiger partial charge on any atom is 0.314 e. The number of carbonyl (C=O) groups is 1. The normalized spacial score (nSPS) is 24.2. The third-order valence-corrected chi connectivity index (χ3v) is 3.99. The molecule has 1 saturated heterocycles. The summed E-state index contributed by atoms with van der Waals surface area (Å²) < 4.78 is 11.2. The van der Waals surface area contributed by atoms with Crippen LogP contribution in [0.1, 0.15) is 30.4 Å². The summed E-state index contributed by atoms with van der Waals surface area (Å²) in [6, 6.07) is 5.81. The Balaban J connectivity index is 1.93. The Morgan fingerprint density at radius 3 is 2.84 bits per heavy atom. The number of carboxylic acids is 1. The Labute approximate surface area is 112 Å². The summed E-state index contributed by atoms with van der Waals surface area (Å²) in [5, 5.41) is 9.45. The van der Waals surface area contributed by atoms with Crippen molar-refractivity contribution >= 4 is 5.97 Å². The summed E-state index contributed by atoms with van der Waals surface area (Å²) >= 11 is 0. The molecule has 1 aromatic carbocycles. The van der Waals surface area contributed by atoms with Crippen molar-refractivity contribution in [3.63, 3.8) is 0 Å². The van der Waals surface area contributed by atoms with Gasteiger partial charge < -0.3 is 14.6 Å². The Morgan fingerprint density at radius 1 is 1.47 bits per heavy atom. The van der Waals surface area contributed by atoms with E-state index in [0.29, 0.717) is 25.2 Å². The van der Waals surface area contributed by atoms with Gasteiger partial charge in [-0.1, -0.05) is 17.7 Å². The van der Waals surface area contributed by atoms with Gasteiger partial charge in [-0.15, -0.1) is 0 Å². The average Bonchev–Trinajstić information content (AvgIpc) is 3.04. The van der Waals surface area contributed by atoms with Gasteiger partial charge in [0.25, 0.3) is 0 Å². The number of hydrogen-bond donors (Lipinski definition) is 1. The van der Waals surface area contributed by atoms with Crippen LogP contribution in [-0.2, 0) is 14.9 Å². The van der Waals surface area contributed by atoms with Gasteiger partial charge in [-0.25, -0.2) is 0 Å². The van der Waals surface area contributed by atoms with Gasteiger partial charge in [-0.05, 0) is 25.8 Å². The molecule has 0 aromatic heterocycles. The summed E-state index contributed by atoms with van der Waals surface area (Å²) in [6.45, 7) is 3.28. The van der Waals surface area contributed by atoms with Crippen LogP contribution < -0.4 is 4.74 Å². The second-order valence-corrected chi connectivity index (χ2v) is 5.49. The van der Waals surface area contributed by atoms with E-state index in [1.165, 1.54) is 0 Å². The minimum Gasteiger partial charge on any atom is -0.488 e. The minimum absolute atomic E-state index is 0.0473. The van der Waals surface area contributed by atoms with Crippen molar-refractivity contribution in [3.8, 4) is 5.75 Å². The van der Waals surface area contributed by atoms with E-state index in [4.69, 9.17) is 9.47 Å². The average molecular weight is 262 g/mol. The maximum atomic E-state index is 11.5. The first-order valence-electron chi connectivity index (χ1n) is 6.71. The second kappa shape index (κ2) is 4.53. The molecule has 2 aliphatic rings. The summed E-state index contributed by atoms with van der Waals surface area (Å²) in [4.78, 5) is 11.5. The third-order valence-electron chi connectivity index (χ3n) is 3.99. The predicted molar refractivity (Wildman–Crippen MR) is 69.6 cm³/mol. The highest BCUT2D eigenvalue weighted by molar-refractivity contribution is 5.86. The van der Waals surface area contributed by atoms with Crippen molar-refractivity contribution in [2.45, 2.75) is 37.7 Å². The fourth-order valence-electron chi connectivity index (χ4n) is 2.63. The summed E-state index contributed by atoms with van der Waals surface area (Å²) in [5.74, 6) is -0.0355. The predicted octanol–water partition coefficient (Wildman–Crippen LogP) is 2.28. The molecule has 1 heterocycles. The molecule has 4 nitrogen and oxygen atoms in total. The van der Waals surface area contributed by atoms with Crippen molar-refractivity contribution in [2.75, 3.05) is 13.2 Å². The lowest BCUT2D eigenvalue weighted by molar-refractivity contribution is -0.140. The van der Waals surface area contributed by atoms with Gasteiger partial charge in [0.15, 0.2) is 0 Å². The van der Waals surface area contributed by atoms with Gasteiger partial charge >= 0.3 is 5.97 Å². The lowest BCUT2D eigenvalue weighted by Gasteiger charge is -2.19. The highest BCUT2D eigenvalue weighted by Gasteiger charge is 2.53. The van der Waals surface area contributed by atoms with Gasteiger partial charge in [-0.3, -0.25) is 4.79 Å². The number of carboxylic acid groups (broad SMARTS) is 1. The van der Waals surface area contributed by atoms with Gasteiger partial charge in [0, 0.05) is 12.0 Å². The fourth-order valence-corrected chi connectivity index (χ4v) is 2.63. The van der Waals surface area contributed by atoms with Crippen LogP contribution in [0.2, 0.25) is 0 Å². The number of aryl methyl sites for hydroxylation is 1. The molecule has 2 fully saturated rings. The van der Waals surface area contributed by atoms with E-state index in [1.54, 1.807) is 0 Å².